The fourth-order valence-corrected chi connectivity index (χ4v) is 2.03. The van der Waals surface area contributed by atoms with Crippen LogP contribution in [0.3, 0.4) is 0 Å². The molecule has 1 saturated carbocycles. The highest BCUT2D eigenvalue weighted by molar-refractivity contribution is 5.73. The van der Waals surface area contributed by atoms with E-state index in [1.54, 1.807) is 7.05 Å². The van der Waals surface area contributed by atoms with Crippen molar-refractivity contribution in [2.24, 2.45) is 12.8 Å². The Morgan fingerprint density at radius 3 is 2.94 bits per heavy atom. The summed E-state index contributed by atoms with van der Waals surface area (Å²) in [5.41, 5.74) is 8.72. The van der Waals surface area contributed by atoms with Gasteiger partial charge < -0.3 is 10.2 Å². The molecule has 1 fully saturated rings. The van der Waals surface area contributed by atoms with Crippen LogP contribution in [0.5, 0.6) is 0 Å². The van der Waals surface area contributed by atoms with Gasteiger partial charge in [0.15, 0.2) is 5.58 Å². The lowest BCUT2D eigenvalue weighted by molar-refractivity contribution is 0.528. The van der Waals surface area contributed by atoms with Crippen LogP contribution < -0.4 is 11.5 Å². The molecule has 3 rings (SSSR count). The molecule has 0 bridgehead atoms. The Morgan fingerprint density at radius 1 is 1.50 bits per heavy atom. The second-order valence-corrected chi connectivity index (χ2v) is 4.77. The van der Waals surface area contributed by atoms with Crippen molar-refractivity contribution in [2.45, 2.75) is 24.8 Å². The lowest BCUT2D eigenvalue weighted by atomic mass is 10.0. The van der Waals surface area contributed by atoms with E-state index in [1.165, 1.54) is 10.1 Å². The van der Waals surface area contributed by atoms with Gasteiger partial charge in [0.2, 0.25) is 0 Å². The van der Waals surface area contributed by atoms with Gasteiger partial charge in [0.05, 0.1) is 5.52 Å². The van der Waals surface area contributed by atoms with Crippen molar-refractivity contribution in [1.82, 2.24) is 4.57 Å². The monoisotopic (exact) mass is 218 g/mol. The van der Waals surface area contributed by atoms with Gasteiger partial charge in [-0.2, -0.15) is 0 Å². The van der Waals surface area contributed by atoms with Crippen molar-refractivity contribution in [1.29, 1.82) is 0 Å². The maximum Gasteiger partial charge on any atom is 0.419 e. The van der Waals surface area contributed by atoms with Gasteiger partial charge in [-0.3, -0.25) is 4.57 Å². The van der Waals surface area contributed by atoms with Crippen LogP contribution in [-0.4, -0.2) is 10.1 Å². The summed E-state index contributed by atoms with van der Waals surface area (Å²) in [5, 5.41) is 0. The number of hydrogen-bond donors (Lipinski definition) is 1. The topological polar surface area (TPSA) is 61.2 Å². The molecule has 1 aliphatic rings. The minimum Gasteiger partial charge on any atom is -0.408 e. The fraction of sp³-hybridized carbons (Fsp3) is 0.417. The highest BCUT2D eigenvalue weighted by Gasteiger charge is 2.37. The van der Waals surface area contributed by atoms with E-state index in [2.05, 4.69) is 0 Å². The zero-order valence-electron chi connectivity index (χ0n) is 9.19. The SMILES string of the molecule is Cn1c(=O)oc2ccc(CC3(N)CC3)cc21. The number of fused-ring (bicyclic) bond motifs is 1. The highest BCUT2D eigenvalue weighted by atomic mass is 16.4. The van der Waals surface area contributed by atoms with Crippen molar-refractivity contribution in [2.75, 3.05) is 0 Å². The molecule has 2 N–H and O–H groups in total. The largest absolute Gasteiger partial charge is 0.419 e. The Balaban J connectivity index is 2.07. The zero-order valence-corrected chi connectivity index (χ0v) is 9.19. The number of aryl methyl sites for hydroxylation is 1. The summed E-state index contributed by atoms with van der Waals surface area (Å²) >= 11 is 0. The van der Waals surface area contributed by atoms with E-state index in [4.69, 9.17) is 10.2 Å². The molecular formula is C12H14N2O2. The average molecular weight is 218 g/mol. The Labute approximate surface area is 92.7 Å². The molecule has 0 amide bonds. The van der Waals surface area contributed by atoms with Gasteiger partial charge in [-0.25, -0.2) is 4.79 Å². The average Bonchev–Trinajstić information content (AvgIpc) is 2.90. The maximum absolute atomic E-state index is 11.3. The summed E-state index contributed by atoms with van der Waals surface area (Å²) < 4.78 is 6.60. The van der Waals surface area contributed by atoms with E-state index in [9.17, 15) is 4.79 Å². The second-order valence-electron chi connectivity index (χ2n) is 4.77. The van der Waals surface area contributed by atoms with E-state index in [0.29, 0.717) is 5.58 Å². The van der Waals surface area contributed by atoms with Crippen LogP contribution in [-0.2, 0) is 13.5 Å². The predicted molar refractivity (Wildman–Crippen MR) is 61.3 cm³/mol. The molecule has 84 valence electrons. The molecule has 1 aliphatic carbocycles. The molecule has 2 aromatic rings. The molecule has 1 aromatic heterocycles. The molecule has 0 radical (unpaired) electrons. The van der Waals surface area contributed by atoms with Crippen LogP contribution in [0.4, 0.5) is 0 Å². The lowest BCUT2D eigenvalue weighted by Crippen LogP contribution is -2.24. The van der Waals surface area contributed by atoms with E-state index < -0.39 is 0 Å². The van der Waals surface area contributed by atoms with Crippen LogP contribution in [0.1, 0.15) is 18.4 Å². The molecule has 0 aliphatic heterocycles. The summed E-state index contributed by atoms with van der Waals surface area (Å²) in [6, 6.07) is 5.82. The number of oxazole rings is 1. The van der Waals surface area contributed by atoms with Gasteiger partial charge in [0, 0.05) is 12.6 Å². The minimum atomic E-state index is -0.318. The second kappa shape index (κ2) is 2.98. The van der Waals surface area contributed by atoms with Crippen LogP contribution in [0.15, 0.2) is 27.4 Å². The normalized spacial score (nSPS) is 17.9. The molecule has 1 heterocycles. The molecule has 4 heteroatoms. The standard InChI is InChI=1S/C12H14N2O2/c1-14-9-6-8(7-12(13)4-5-12)2-3-10(9)16-11(14)15/h2-3,6H,4-5,7,13H2,1H3. The van der Waals surface area contributed by atoms with Crippen molar-refractivity contribution < 1.29 is 4.42 Å². The van der Waals surface area contributed by atoms with E-state index in [-0.39, 0.29) is 11.3 Å². The molecule has 0 unspecified atom stereocenters. The number of benzene rings is 1. The van der Waals surface area contributed by atoms with Crippen LogP contribution in [0.2, 0.25) is 0 Å². The van der Waals surface area contributed by atoms with Gasteiger partial charge in [-0.15, -0.1) is 0 Å². The first kappa shape index (κ1) is 9.66. The third-order valence-corrected chi connectivity index (χ3v) is 3.30. The Morgan fingerprint density at radius 2 is 2.25 bits per heavy atom. The van der Waals surface area contributed by atoms with Crippen LogP contribution in [0.25, 0.3) is 11.1 Å². The molecule has 16 heavy (non-hydrogen) atoms. The van der Waals surface area contributed by atoms with Crippen molar-refractivity contribution in [3.8, 4) is 0 Å². The Kier molecular flexibility index (Phi) is 1.80. The zero-order chi connectivity index (χ0) is 11.3. The van der Waals surface area contributed by atoms with E-state index >= 15 is 0 Å². The quantitative estimate of drug-likeness (QED) is 0.823. The minimum absolute atomic E-state index is 0.00369. The lowest BCUT2D eigenvalue weighted by Gasteiger charge is -2.07. The first-order valence-electron chi connectivity index (χ1n) is 5.45. The summed E-state index contributed by atoms with van der Waals surface area (Å²) in [4.78, 5) is 11.3. The molecule has 1 aromatic carbocycles. The first-order valence-corrected chi connectivity index (χ1v) is 5.45. The van der Waals surface area contributed by atoms with Crippen molar-refractivity contribution in [3.05, 3.63) is 34.3 Å². The van der Waals surface area contributed by atoms with Crippen LogP contribution in [0, 0.1) is 0 Å². The van der Waals surface area contributed by atoms with Crippen molar-refractivity contribution >= 4 is 11.1 Å². The van der Waals surface area contributed by atoms with Gasteiger partial charge in [0.1, 0.15) is 0 Å². The summed E-state index contributed by atoms with van der Waals surface area (Å²) in [6.45, 7) is 0. The van der Waals surface area contributed by atoms with Crippen molar-refractivity contribution in [3.63, 3.8) is 0 Å². The highest BCUT2D eigenvalue weighted by Crippen LogP contribution is 2.35. The van der Waals surface area contributed by atoms with E-state index in [0.717, 1.165) is 24.8 Å². The third kappa shape index (κ3) is 1.46. The number of hydrogen-bond acceptors (Lipinski definition) is 3. The first-order chi connectivity index (χ1) is 7.57. The number of nitrogens with two attached hydrogens (primary N) is 1. The number of aromatic nitrogens is 1. The number of nitrogens with zero attached hydrogens (tertiary/aromatic N) is 1. The molecule has 0 saturated heterocycles. The maximum atomic E-state index is 11.3. The fourth-order valence-electron chi connectivity index (χ4n) is 2.03. The predicted octanol–water partition coefficient (Wildman–Crippen LogP) is 1.17. The molecule has 0 atom stereocenters. The summed E-state index contributed by atoms with van der Waals surface area (Å²) in [7, 11) is 1.72. The Hall–Kier alpha value is -1.55. The van der Waals surface area contributed by atoms with Gasteiger partial charge in [-0.05, 0) is 37.0 Å². The van der Waals surface area contributed by atoms with Gasteiger partial charge in [0.25, 0.3) is 0 Å². The summed E-state index contributed by atoms with van der Waals surface area (Å²) in [6.07, 6.45) is 3.06. The molecule has 4 nitrogen and oxygen atoms in total. The molecular weight excluding hydrogens is 204 g/mol. The molecule has 0 spiro atoms. The van der Waals surface area contributed by atoms with E-state index in [1.807, 2.05) is 18.2 Å². The third-order valence-electron chi connectivity index (χ3n) is 3.30. The van der Waals surface area contributed by atoms with Gasteiger partial charge in [-0.1, -0.05) is 6.07 Å². The Bertz CT molecular complexity index is 605. The number of rotatable bonds is 2. The van der Waals surface area contributed by atoms with Gasteiger partial charge >= 0.3 is 5.76 Å². The van der Waals surface area contributed by atoms with Crippen LogP contribution >= 0.6 is 0 Å². The smallest absolute Gasteiger partial charge is 0.408 e. The summed E-state index contributed by atoms with van der Waals surface area (Å²) in [5.74, 6) is -0.318.